The number of hydrogen-bond donors (Lipinski definition) is 1. The quantitative estimate of drug-likeness (QED) is 0.853. The minimum Gasteiger partial charge on any atom is -0.327 e. The SMILES string of the molecule is Cc1ccc(CC(N)C2CCC(C)(C)CC2)cc1. The summed E-state index contributed by atoms with van der Waals surface area (Å²) in [7, 11) is 0. The van der Waals surface area contributed by atoms with Crippen LogP contribution in [-0.4, -0.2) is 6.04 Å². The van der Waals surface area contributed by atoms with Crippen LogP contribution in [0.2, 0.25) is 0 Å². The summed E-state index contributed by atoms with van der Waals surface area (Å²) in [6.45, 7) is 6.90. The Bertz CT molecular complexity index is 367. The largest absolute Gasteiger partial charge is 0.327 e. The Labute approximate surface area is 112 Å². The van der Waals surface area contributed by atoms with E-state index in [-0.39, 0.29) is 0 Å². The summed E-state index contributed by atoms with van der Waals surface area (Å²) in [5.41, 5.74) is 9.66. The van der Waals surface area contributed by atoms with Gasteiger partial charge in [0.1, 0.15) is 0 Å². The number of rotatable bonds is 3. The van der Waals surface area contributed by atoms with Crippen LogP contribution in [0.5, 0.6) is 0 Å². The van der Waals surface area contributed by atoms with E-state index in [9.17, 15) is 0 Å². The summed E-state index contributed by atoms with van der Waals surface area (Å²) >= 11 is 0. The van der Waals surface area contributed by atoms with Crippen LogP contribution in [0.1, 0.15) is 50.7 Å². The van der Waals surface area contributed by atoms with Gasteiger partial charge in [-0.3, -0.25) is 0 Å². The van der Waals surface area contributed by atoms with E-state index in [0.29, 0.717) is 11.5 Å². The van der Waals surface area contributed by atoms with Crippen LogP contribution in [0.3, 0.4) is 0 Å². The van der Waals surface area contributed by atoms with Gasteiger partial charge in [0, 0.05) is 6.04 Å². The molecule has 1 heteroatoms. The van der Waals surface area contributed by atoms with Crippen molar-refractivity contribution in [2.75, 3.05) is 0 Å². The summed E-state index contributed by atoms with van der Waals surface area (Å²) in [5.74, 6) is 0.722. The summed E-state index contributed by atoms with van der Waals surface area (Å²) in [6.07, 6.45) is 6.31. The zero-order valence-corrected chi connectivity index (χ0v) is 12.1. The molecule has 1 atom stereocenters. The molecule has 0 bridgehead atoms. The fourth-order valence-corrected chi connectivity index (χ4v) is 3.01. The first-order chi connectivity index (χ1) is 8.46. The average Bonchev–Trinajstić information content (AvgIpc) is 2.32. The lowest BCUT2D eigenvalue weighted by atomic mass is 9.70. The van der Waals surface area contributed by atoms with E-state index in [2.05, 4.69) is 45.0 Å². The monoisotopic (exact) mass is 245 g/mol. The predicted molar refractivity (Wildman–Crippen MR) is 78.6 cm³/mol. The van der Waals surface area contributed by atoms with Gasteiger partial charge in [-0.25, -0.2) is 0 Å². The molecule has 2 N–H and O–H groups in total. The molecular weight excluding hydrogens is 218 g/mol. The molecule has 0 aliphatic heterocycles. The van der Waals surface area contributed by atoms with Crippen molar-refractivity contribution in [3.05, 3.63) is 35.4 Å². The summed E-state index contributed by atoms with van der Waals surface area (Å²) in [4.78, 5) is 0. The maximum Gasteiger partial charge on any atom is 0.0108 e. The van der Waals surface area contributed by atoms with Crippen LogP contribution >= 0.6 is 0 Å². The molecule has 1 saturated carbocycles. The second-order valence-electron chi connectivity index (χ2n) is 6.86. The Hall–Kier alpha value is -0.820. The van der Waals surface area contributed by atoms with E-state index in [1.54, 1.807) is 0 Å². The van der Waals surface area contributed by atoms with E-state index >= 15 is 0 Å². The number of aryl methyl sites for hydroxylation is 1. The zero-order chi connectivity index (χ0) is 13.2. The molecule has 0 saturated heterocycles. The maximum atomic E-state index is 6.41. The smallest absolute Gasteiger partial charge is 0.0108 e. The minimum absolute atomic E-state index is 0.337. The molecule has 0 amide bonds. The lowest BCUT2D eigenvalue weighted by Crippen LogP contribution is -2.36. The first-order valence-corrected chi connectivity index (χ1v) is 7.27. The molecule has 1 aliphatic rings. The topological polar surface area (TPSA) is 26.0 Å². The molecule has 1 fully saturated rings. The lowest BCUT2D eigenvalue weighted by molar-refractivity contribution is 0.173. The minimum atomic E-state index is 0.337. The maximum absolute atomic E-state index is 6.41. The molecular formula is C17H27N. The molecule has 18 heavy (non-hydrogen) atoms. The van der Waals surface area contributed by atoms with Gasteiger partial charge in [-0.2, -0.15) is 0 Å². The number of nitrogens with two attached hydrogens (primary N) is 1. The highest BCUT2D eigenvalue weighted by atomic mass is 14.7. The third-order valence-corrected chi connectivity index (χ3v) is 4.58. The van der Waals surface area contributed by atoms with Crippen LogP contribution in [-0.2, 0) is 6.42 Å². The zero-order valence-electron chi connectivity index (χ0n) is 12.1. The molecule has 2 rings (SSSR count). The van der Waals surface area contributed by atoms with Crippen LogP contribution in [0.15, 0.2) is 24.3 Å². The van der Waals surface area contributed by atoms with Crippen molar-refractivity contribution in [2.45, 2.75) is 58.9 Å². The van der Waals surface area contributed by atoms with Crippen molar-refractivity contribution in [1.29, 1.82) is 0 Å². The van der Waals surface area contributed by atoms with Gasteiger partial charge in [-0.05, 0) is 55.9 Å². The Morgan fingerprint density at radius 3 is 2.28 bits per heavy atom. The Morgan fingerprint density at radius 1 is 1.17 bits per heavy atom. The second-order valence-corrected chi connectivity index (χ2v) is 6.86. The van der Waals surface area contributed by atoms with Crippen LogP contribution < -0.4 is 5.73 Å². The Kier molecular flexibility index (Phi) is 4.11. The molecule has 0 radical (unpaired) electrons. The van der Waals surface area contributed by atoms with Crippen molar-refractivity contribution in [3.8, 4) is 0 Å². The lowest BCUT2D eigenvalue weighted by Gasteiger charge is -2.36. The Balaban J connectivity index is 1.89. The summed E-state index contributed by atoms with van der Waals surface area (Å²) in [5, 5.41) is 0. The van der Waals surface area contributed by atoms with Gasteiger partial charge in [0.25, 0.3) is 0 Å². The van der Waals surface area contributed by atoms with Gasteiger partial charge in [0.15, 0.2) is 0 Å². The molecule has 1 aromatic rings. The summed E-state index contributed by atoms with van der Waals surface area (Å²) < 4.78 is 0. The normalized spacial score (nSPS) is 21.8. The third-order valence-electron chi connectivity index (χ3n) is 4.58. The van der Waals surface area contributed by atoms with Gasteiger partial charge in [0.05, 0.1) is 0 Å². The molecule has 0 aromatic heterocycles. The number of benzene rings is 1. The van der Waals surface area contributed by atoms with E-state index in [1.807, 2.05) is 0 Å². The van der Waals surface area contributed by atoms with Gasteiger partial charge in [0.2, 0.25) is 0 Å². The average molecular weight is 245 g/mol. The molecule has 1 aromatic carbocycles. The van der Waals surface area contributed by atoms with E-state index in [0.717, 1.165) is 12.3 Å². The van der Waals surface area contributed by atoms with E-state index in [4.69, 9.17) is 5.73 Å². The molecule has 0 spiro atoms. The van der Waals surface area contributed by atoms with Gasteiger partial charge in [-0.1, -0.05) is 43.7 Å². The highest BCUT2D eigenvalue weighted by molar-refractivity contribution is 5.22. The van der Waals surface area contributed by atoms with Crippen molar-refractivity contribution in [2.24, 2.45) is 17.1 Å². The van der Waals surface area contributed by atoms with Crippen LogP contribution in [0.4, 0.5) is 0 Å². The van der Waals surface area contributed by atoms with E-state index in [1.165, 1.54) is 36.8 Å². The molecule has 0 heterocycles. The van der Waals surface area contributed by atoms with Crippen molar-refractivity contribution in [3.63, 3.8) is 0 Å². The van der Waals surface area contributed by atoms with Gasteiger partial charge < -0.3 is 5.73 Å². The van der Waals surface area contributed by atoms with Crippen molar-refractivity contribution < 1.29 is 0 Å². The first kappa shape index (κ1) is 13.6. The molecule has 1 aliphatic carbocycles. The fourth-order valence-electron chi connectivity index (χ4n) is 3.01. The fraction of sp³-hybridized carbons (Fsp3) is 0.647. The van der Waals surface area contributed by atoms with Crippen LogP contribution in [0.25, 0.3) is 0 Å². The van der Waals surface area contributed by atoms with Crippen LogP contribution in [0, 0.1) is 18.3 Å². The molecule has 1 unspecified atom stereocenters. The van der Waals surface area contributed by atoms with Crippen molar-refractivity contribution in [1.82, 2.24) is 0 Å². The highest BCUT2D eigenvalue weighted by Crippen LogP contribution is 2.39. The first-order valence-electron chi connectivity index (χ1n) is 7.27. The van der Waals surface area contributed by atoms with Crippen molar-refractivity contribution >= 4 is 0 Å². The second kappa shape index (κ2) is 5.44. The predicted octanol–water partition coefficient (Wildman–Crippen LogP) is 4.08. The van der Waals surface area contributed by atoms with Gasteiger partial charge in [-0.15, -0.1) is 0 Å². The highest BCUT2D eigenvalue weighted by Gasteiger charge is 2.29. The number of hydrogen-bond acceptors (Lipinski definition) is 1. The third kappa shape index (κ3) is 3.58. The molecule has 1 nitrogen and oxygen atoms in total. The van der Waals surface area contributed by atoms with E-state index < -0.39 is 0 Å². The van der Waals surface area contributed by atoms with Gasteiger partial charge >= 0.3 is 0 Å². The summed E-state index contributed by atoms with van der Waals surface area (Å²) in [6, 6.07) is 9.16. The standard InChI is InChI=1S/C17H27N/c1-13-4-6-14(7-5-13)12-16(18)15-8-10-17(2,3)11-9-15/h4-7,15-16H,8-12,18H2,1-3H3. The molecule has 100 valence electrons. The Morgan fingerprint density at radius 2 is 1.72 bits per heavy atom.